The van der Waals surface area contributed by atoms with Crippen molar-refractivity contribution in [3.63, 3.8) is 0 Å². The van der Waals surface area contributed by atoms with Gasteiger partial charge in [-0.1, -0.05) is 19.3 Å². The van der Waals surface area contributed by atoms with Crippen molar-refractivity contribution in [2.75, 3.05) is 10.6 Å². The maximum atomic E-state index is 12.9. The largest absolute Gasteiger partial charge is 0.456 e. The van der Waals surface area contributed by atoms with Crippen molar-refractivity contribution in [3.8, 4) is 11.5 Å². The Kier molecular flexibility index (Phi) is 6.45. The van der Waals surface area contributed by atoms with Crippen molar-refractivity contribution >= 4 is 28.6 Å². The van der Waals surface area contributed by atoms with Gasteiger partial charge in [-0.3, -0.25) is 9.89 Å². The minimum Gasteiger partial charge on any atom is -0.456 e. The van der Waals surface area contributed by atoms with E-state index in [0.717, 1.165) is 36.6 Å². The quantitative estimate of drug-likeness (QED) is 0.295. The van der Waals surface area contributed by atoms with Crippen LogP contribution in [0.15, 0.2) is 54.9 Å². The fourth-order valence-corrected chi connectivity index (χ4v) is 4.22. The molecule has 186 valence electrons. The van der Waals surface area contributed by atoms with Crippen molar-refractivity contribution in [1.82, 2.24) is 20.2 Å². The smallest absolute Gasteiger partial charge is 0.416 e. The first-order valence-electron chi connectivity index (χ1n) is 11.6. The van der Waals surface area contributed by atoms with E-state index in [0.29, 0.717) is 29.0 Å². The zero-order chi connectivity index (χ0) is 25.1. The topological polar surface area (TPSA) is 105 Å². The Morgan fingerprint density at radius 1 is 1.00 bits per heavy atom. The molecule has 0 atom stereocenters. The number of nitrogens with zero attached hydrogens (tertiary/aromatic N) is 3. The molecule has 36 heavy (non-hydrogen) atoms. The number of amides is 1. The molecule has 0 aliphatic heterocycles. The third-order valence-corrected chi connectivity index (χ3v) is 6.04. The number of ether oxygens (including phenoxy) is 1. The first kappa shape index (κ1) is 23.6. The van der Waals surface area contributed by atoms with Gasteiger partial charge in [0.2, 0.25) is 0 Å². The Balaban J connectivity index is 1.30. The molecule has 1 saturated carbocycles. The number of carbonyl (C=O) groups is 1. The lowest BCUT2D eigenvalue weighted by Gasteiger charge is -2.22. The van der Waals surface area contributed by atoms with Crippen LogP contribution in [0.25, 0.3) is 11.0 Å². The highest BCUT2D eigenvalue weighted by Crippen LogP contribution is 2.34. The minimum atomic E-state index is -4.53. The molecule has 0 saturated heterocycles. The molecule has 0 radical (unpaired) electrons. The van der Waals surface area contributed by atoms with Gasteiger partial charge in [0, 0.05) is 30.1 Å². The summed E-state index contributed by atoms with van der Waals surface area (Å²) in [7, 11) is 0. The summed E-state index contributed by atoms with van der Waals surface area (Å²) >= 11 is 0. The summed E-state index contributed by atoms with van der Waals surface area (Å²) in [6.07, 6.45) is 3.88. The maximum Gasteiger partial charge on any atom is 0.416 e. The highest BCUT2D eigenvalue weighted by atomic mass is 19.4. The summed E-state index contributed by atoms with van der Waals surface area (Å²) in [4.78, 5) is 20.6. The fourth-order valence-electron chi connectivity index (χ4n) is 4.22. The number of pyridine rings is 2. The van der Waals surface area contributed by atoms with E-state index in [9.17, 15) is 18.0 Å². The van der Waals surface area contributed by atoms with Gasteiger partial charge in [0.05, 0.1) is 5.56 Å². The van der Waals surface area contributed by atoms with Crippen LogP contribution < -0.4 is 15.4 Å². The Morgan fingerprint density at radius 2 is 1.75 bits per heavy atom. The molecule has 3 N–H and O–H groups in total. The van der Waals surface area contributed by atoms with E-state index in [2.05, 4.69) is 30.8 Å². The first-order chi connectivity index (χ1) is 17.4. The summed E-state index contributed by atoms with van der Waals surface area (Å²) in [5.41, 5.74) is -0.0587. The lowest BCUT2D eigenvalue weighted by atomic mass is 9.95. The van der Waals surface area contributed by atoms with E-state index in [4.69, 9.17) is 4.74 Å². The third-order valence-electron chi connectivity index (χ3n) is 6.04. The first-order valence-corrected chi connectivity index (χ1v) is 11.6. The second kappa shape index (κ2) is 9.84. The van der Waals surface area contributed by atoms with E-state index in [1.807, 2.05) is 0 Å². The standard InChI is InChI=1S/C25H23F3N6O2/c26-25(27,28)16-10-12-29-20(14-16)32-24(35)15-6-8-18(9-7-15)36-19-11-13-30-22-21(19)23(34-33-22)31-17-4-2-1-3-5-17/h6-14,17H,1-5H2,(H,29,32,35)(H2,30,31,33,34). The molecule has 1 aliphatic carbocycles. The van der Waals surface area contributed by atoms with Crippen molar-refractivity contribution in [1.29, 1.82) is 0 Å². The number of nitrogens with one attached hydrogen (secondary N) is 3. The number of aromatic amines is 1. The number of rotatable bonds is 6. The van der Waals surface area contributed by atoms with Gasteiger partial charge in [-0.2, -0.15) is 18.3 Å². The van der Waals surface area contributed by atoms with E-state index >= 15 is 0 Å². The fraction of sp³-hybridized carbons (Fsp3) is 0.280. The van der Waals surface area contributed by atoms with Gasteiger partial charge in [0.15, 0.2) is 11.5 Å². The molecule has 8 nitrogen and oxygen atoms in total. The summed E-state index contributed by atoms with van der Waals surface area (Å²) in [6.45, 7) is 0. The molecule has 3 aromatic heterocycles. The van der Waals surface area contributed by atoms with Gasteiger partial charge in [-0.05, 0) is 49.2 Å². The summed E-state index contributed by atoms with van der Waals surface area (Å²) in [6, 6.07) is 9.97. The number of hydrogen-bond donors (Lipinski definition) is 3. The van der Waals surface area contributed by atoms with Gasteiger partial charge in [0.1, 0.15) is 22.7 Å². The number of alkyl halides is 3. The maximum absolute atomic E-state index is 12.9. The van der Waals surface area contributed by atoms with Crippen LogP contribution in [0.5, 0.6) is 11.5 Å². The van der Waals surface area contributed by atoms with Crippen LogP contribution in [0.1, 0.15) is 48.0 Å². The summed E-state index contributed by atoms with van der Waals surface area (Å²) < 4.78 is 44.8. The highest BCUT2D eigenvalue weighted by molar-refractivity contribution is 6.03. The van der Waals surface area contributed by atoms with Gasteiger partial charge < -0.3 is 15.4 Å². The number of fused-ring (bicyclic) bond motifs is 1. The predicted molar refractivity (Wildman–Crippen MR) is 128 cm³/mol. The highest BCUT2D eigenvalue weighted by Gasteiger charge is 2.31. The number of benzene rings is 1. The van der Waals surface area contributed by atoms with E-state index < -0.39 is 17.6 Å². The monoisotopic (exact) mass is 496 g/mol. The molecule has 1 amide bonds. The van der Waals surface area contributed by atoms with E-state index in [1.165, 1.54) is 31.4 Å². The zero-order valence-electron chi connectivity index (χ0n) is 19.1. The van der Waals surface area contributed by atoms with Crippen molar-refractivity contribution < 1.29 is 22.7 Å². The zero-order valence-corrected chi connectivity index (χ0v) is 19.1. The molecule has 3 heterocycles. The van der Waals surface area contributed by atoms with Crippen LogP contribution in [0.3, 0.4) is 0 Å². The molecular weight excluding hydrogens is 473 g/mol. The molecule has 1 aromatic carbocycles. The average Bonchev–Trinajstić information content (AvgIpc) is 3.28. The number of carbonyl (C=O) groups excluding carboxylic acids is 1. The Hall–Kier alpha value is -4.15. The predicted octanol–water partition coefficient (Wildman–Crippen LogP) is 6.16. The second-order valence-corrected chi connectivity index (χ2v) is 8.59. The number of H-pyrrole nitrogens is 1. The Morgan fingerprint density at radius 3 is 2.50 bits per heavy atom. The molecule has 0 unspecified atom stereocenters. The van der Waals surface area contributed by atoms with Crippen molar-refractivity contribution in [2.24, 2.45) is 0 Å². The van der Waals surface area contributed by atoms with E-state index in [-0.39, 0.29) is 11.4 Å². The second-order valence-electron chi connectivity index (χ2n) is 8.59. The van der Waals surface area contributed by atoms with Gasteiger partial charge >= 0.3 is 6.18 Å². The molecule has 1 fully saturated rings. The number of anilines is 2. The molecule has 5 rings (SSSR count). The SMILES string of the molecule is O=C(Nc1cc(C(F)(F)F)ccn1)c1ccc(Oc2ccnc3[nH]nc(NC4CCCCC4)c23)cc1. The summed E-state index contributed by atoms with van der Waals surface area (Å²) in [5, 5.41) is 13.9. The van der Waals surface area contributed by atoms with Crippen molar-refractivity contribution in [3.05, 3.63) is 66.0 Å². The van der Waals surface area contributed by atoms with Gasteiger partial charge in [0.25, 0.3) is 5.91 Å². The molecule has 0 bridgehead atoms. The van der Waals surface area contributed by atoms with E-state index in [1.54, 1.807) is 24.4 Å². The Bertz CT molecular complexity index is 1360. The third kappa shape index (κ3) is 5.24. The molecule has 1 aliphatic rings. The van der Waals surface area contributed by atoms with Crippen LogP contribution >= 0.6 is 0 Å². The molecule has 4 aromatic rings. The Labute approximate surface area is 204 Å². The number of halogens is 3. The van der Waals surface area contributed by atoms with Crippen LogP contribution in [0.2, 0.25) is 0 Å². The van der Waals surface area contributed by atoms with Crippen molar-refractivity contribution in [2.45, 2.75) is 44.3 Å². The van der Waals surface area contributed by atoms with Crippen LogP contribution in [0.4, 0.5) is 24.8 Å². The van der Waals surface area contributed by atoms with Crippen LogP contribution in [0, 0.1) is 0 Å². The lowest BCUT2D eigenvalue weighted by Crippen LogP contribution is -2.22. The van der Waals surface area contributed by atoms with Crippen LogP contribution in [-0.2, 0) is 6.18 Å². The minimum absolute atomic E-state index is 0.188. The average molecular weight is 496 g/mol. The normalized spacial score (nSPS) is 14.5. The lowest BCUT2D eigenvalue weighted by molar-refractivity contribution is -0.137. The van der Waals surface area contributed by atoms with Crippen LogP contribution in [-0.4, -0.2) is 32.1 Å². The molecule has 11 heteroatoms. The summed E-state index contributed by atoms with van der Waals surface area (Å²) in [5.74, 6) is 0.934. The van der Waals surface area contributed by atoms with Gasteiger partial charge in [-0.25, -0.2) is 9.97 Å². The number of hydrogen-bond acceptors (Lipinski definition) is 6. The molecule has 0 spiro atoms. The number of aromatic nitrogens is 4. The molecular formula is C25H23F3N6O2. The van der Waals surface area contributed by atoms with Gasteiger partial charge in [-0.15, -0.1) is 0 Å².